The molecule has 0 saturated carbocycles. The van der Waals surface area contributed by atoms with E-state index in [2.05, 4.69) is 169 Å². The highest BCUT2D eigenvalue weighted by molar-refractivity contribution is 7.26. The number of benzene rings is 8. The number of nitrogens with zero attached hydrogens (tertiary/aromatic N) is 1. The topological polar surface area (TPSA) is 16.4 Å². The van der Waals surface area contributed by atoms with Gasteiger partial charge < -0.3 is 9.32 Å². The highest BCUT2D eigenvalue weighted by Gasteiger charge is 2.25. The van der Waals surface area contributed by atoms with Gasteiger partial charge in [-0.2, -0.15) is 0 Å². The average Bonchev–Trinajstić information content (AvgIpc) is 3.87. The average molecular weight is 674 g/mol. The van der Waals surface area contributed by atoms with Crippen LogP contribution in [0.3, 0.4) is 0 Å². The Morgan fingerprint density at radius 1 is 0.420 bits per heavy atom. The highest BCUT2D eigenvalue weighted by atomic mass is 32.1. The molecule has 0 N–H and O–H groups in total. The smallest absolute Gasteiger partial charge is 0.143 e. The van der Waals surface area contributed by atoms with Crippen LogP contribution in [0.4, 0.5) is 17.1 Å². The number of rotatable bonds is 4. The molecule has 8 aromatic carbocycles. The molecule has 0 atom stereocenters. The largest absolute Gasteiger partial charge is 0.455 e. The third-order valence-electron chi connectivity index (χ3n) is 10.1. The molecule has 0 aliphatic rings. The number of furan rings is 1. The fourth-order valence-corrected chi connectivity index (χ4v) is 10.1. The molecule has 0 amide bonds. The molecule has 11 rings (SSSR count). The van der Waals surface area contributed by atoms with Crippen LogP contribution >= 0.6 is 22.7 Å². The predicted molar refractivity (Wildman–Crippen MR) is 217 cm³/mol. The molecule has 3 heterocycles. The Hall–Kier alpha value is -5.94. The van der Waals surface area contributed by atoms with E-state index in [1.807, 2.05) is 22.7 Å². The van der Waals surface area contributed by atoms with Crippen molar-refractivity contribution in [2.24, 2.45) is 0 Å². The standard InChI is InChI=1S/C46H27NOS2/c1-2-13-31-28(11-1)23-25-35-44-38(18-10-20-40(44)48-45(31)35)47(39-19-9-16-34-32-14-4-8-22-42(32)50-46(34)39)37-17-6-3-12-30(37)29-24-26-43-36(27-29)33-15-5-7-21-41(33)49-43/h1-27H. The lowest BCUT2D eigenvalue weighted by Crippen LogP contribution is -2.11. The van der Waals surface area contributed by atoms with Gasteiger partial charge in [-0.3, -0.25) is 0 Å². The highest BCUT2D eigenvalue weighted by Crippen LogP contribution is 2.50. The van der Waals surface area contributed by atoms with Crippen LogP contribution in [0.1, 0.15) is 0 Å². The minimum absolute atomic E-state index is 0.881. The van der Waals surface area contributed by atoms with Crippen LogP contribution in [-0.4, -0.2) is 0 Å². The lowest BCUT2D eigenvalue weighted by atomic mass is 9.98. The summed E-state index contributed by atoms with van der Waals surface area (Å²) in [5, 5.41) is 9.69. The Morgan fingerprint density at radius 3 is 1.98 bits per heavy atom. The van der Waals surface area contributed by atoms with E-state index in [4.69, 9.17) is 4.42 Å². The third-order valence-corrected chi connectivity index (χ3v) is 12.4. The molecule has 2 nitrogen and oxygen atoms in total. The van der Waals surface area contributed by atoms with Crippen molar-refractivity contribution in [3.8, 4) is 11.1 Å². The molecule has 0 unspecified atom stereocenters. The zero-order chi connectivity index (χ0) is 32.8. The first kappa shape index (κ1) is 28.0. The summed E-state index contributed by atoms with van der Waals surface area (Å²) in [5.41, 5.74) is 7.55. The summed E-state index contributed by atoms with van der Waals surface area (Å²) in [5.74, 6) is 0. The molecule has 4 heteroatoms. The number of anilines is 3. The Balaban J connectivity index is 1.24. The molecular weight excluding hydrogens is 647 g/mol. The quantitative estimate of drug-likeness (QED) is 0.185. The van der Waals surface area contributed by atoms with Crippen molar-refractivity contribution >= 4 is 113 Å². The van der Waals surface area contributed by atoms with Gasteiger partial charge in [0.15, 0.2) is 0 Å². The third kappa shape index (κ3) is 4.07. The van der Waals surface area contributed by atoms with Gasteiger partial charge in [0.05, 0.1) is 27.1 Å². The van der Waals surface area contributed by atoms with Crippen LogP contribution in [0, 0.1) is 0 Å². The monoisotopic (exact) mass is 673 g/mol. The molecule has 0 bridgehead atoms. The number of thiophene rings is 2. The van der Waals surface area contributed by atoms with Crippen LogP contribution in [0.2, 0.25) is 0 Å². The Morgan fingerprint density at radius 2 is 1.08 bits per heavy atom. The number of hydrogen-bond donors (Lipinski definition) is 0. The second-order valence-electron chi connectivity index (χ2n) is 12.8. The van der Waals surface area contributed by atoms with E-state index in [-0.39, 0.29) is 0 Å². The van der Waals surface area contributed by atoms with Gasteiger partial charge in [-0.15, -0.1) is 22.7 Å². The van der Waals surface area contributed by atoms with Crippen LogP contribution in [-0.2, 0) is 0 Å². The molecule has 0 aliphatic carbocycles. The van der Waals surface area contributed by atoms with Gasteiger partial charge in [0.2, 0.25) is 0 Å². The van der Waals surface area contributed by atoms with Crippen molar-refractivity contribution in [1.82, 2.24) is 0 Å². The maximum absolute atomic E-state index is 6.74. The fourth-order valence-electron chi connectivity index (χ4n) is 7.83. The summed E-state index contributed by atoms with van der Waals surface area (Å²) in [6, 6.07) is 59.5. The molecule has 0 fully saturated rings. The van der Waals surface area contributed by atoms with Crippen LogP contribution in [0.5, 0.6) is 0 Å². The normalized spacial score (nSPS) is 12.0. The summed E-state index contributed by atoms with van der Waals surface area (Å²) in [7, 11) is 0. The van der Waals surface area contributed by atoms with Crippen molar-refractivity contribution in [3.05, 3.63) is 164 Å². The maximum Gasteiger partial charge on any atom is 0.143 e. The number of fused-ring (bicyclic) bond motifs is 11. The van der Waals surface area contributed by atoms with E-state index in [9.17, 15) is 0 Å². The minimum atomic E-state index is 0.881. The van der Waals surface area contributed by atoms with Gasteiger partial charge in [0.25, 0.3) is 0 Å². The van der Waals surface area contributed by atoms with E-state index in [0.717, 1.165) is 44.4 Å². The van der Waals surface area contributed by atoms with E-state index < -0.39 is 0 Å². The summed E-state index contributed by atoms with van der Waals surface area (Å²) < 4.78 is 11.9. The van der Waals surface area contributed by atoms with E-state index in [1.54, 1.807) is 0 Å². The van der Waals surface area contributed by atoms with Crippen molar-refractivity contribution in [2.45, 2.75) is 0 Å². The van der Waals surface area contributed by atoms with Crippen molar-refractivity contribution in [2.75, 3.05) is 4.90 Å². The van der Waals surface area contributed by atoms with Crippen molar-refractivity contribution in [3.63, 3.8) is 0 Å². The molecule has 0 spiro atoms. The van der Waals surface area contributed by atoms with Crippen molar-refractivity contribution in [1.29, 1.82) is 0 Å². The lowest BCUT2D eigenvalue weighted by molar-refractivity contribution is 0.672. The number of para-hydroxylation sites is 1. The summed E-state index contributed by atoms with van der Waals surface area (Å²) >= 11 is 3.72. The zero-order valence-corrected chi connectivity index (χ0v) is 28.4. The van der Waals surface area contributed by atoms with Gasteiger partial charge >= 0.3 is 0 Å². The number of hydrogen-bond acceptors (Lipinski definition) is 4. The molecule has 11 aromatic rings. The first-order valence-corrected chi connectivity index (χ1v) is 18.5. The molecule has 0 saturated heterocycles. The Bertz CT molecular complexity index is 3130. The van der Waals surface area contributed by atoms with Crippen molar-refractivity contribution < 1.29 is 4.42 Å². The summed E-state index contributed by atoms with van der Waals surface area (Å²) in [4.78, 5) is 2.48. The second kappa shape index (κ2) is 10.8. The molecule has 0 radical (unpaired) electrons. The minimum Gasteiger partial charge on any atom is -0.455 e. The van der Waals surface area contributed by atoms with E-state index in [0.29, 0.717) is 0 Å². The van der Waals surface area contributed by atoms with Gasteiger partial charge in [-0.25, -0.2) is 0 Å². The van der Waals surface area contributed by atoms with Gasteiger partial charge in [0.1, 0.15) is 11.2 Å². The van der Waals surface area contributed by atoms with E-state index >= 15 is 0 Å². The lowest BCUT2D eigenvalue weighted by Gasteiger charge is -2.29. The first-order chi connectivity index (χ1) is 24.8. The van der Waals surface area contributed by atoms with Gasteiger partial charge in [-0.05, 0) is 65.5 Å². The second-order valence-corrected chi connectivity index (χ2v) is 15.0. The zero-order valence-electron chi connectivity index (χ0n) is 26.8. The SMILES string of the molecule is c1ccc(N(c2cccc3c2sc2ccccc23)c2cccc3oc4c5ccccc5ccc4c23)c(-c2ccc3sc4ccccc4c3c2)c1. The fraction of sp³-hybridized carbons (Fsp3) is 0. The first-order valence-electron chi connectivity index (χ1n) is 16.8. The maximum atomic E-state index is 6.74. The Kier molecular flexibility index (Phi) is 6.03. The molecule has 0 aliphatic heterocycles. The Labute approximate surface area is 295 Å². The summed E-state index contributed by atoms with van der Waals surface area (Å²) in [6.07, 6.45) is 0. The van der Waals surface area contributed by atoms with E-state index in [1.165, 1.54) is 56.9 Å². The molecular formula is C46H27NOS2. The molecule has 50 heavy (non-hydrogen) atoms. The summed E-state index contributed by atoms with van der Waals surface area (Å²) in [6.45, 7) is 0. The predicted octanol–water partition coefficient (Wildman–Crippen LogP) is 14.6. The molecule has 234 valence electrons. The van der Waals surface area contributed by atoms with Crippen LogP contribution in [0.25, 0.3) is 84.2 Å². The van der Waals surface area contributed by atoms with Crippen LogP contribution in [0.15, 0.2) is 168 Å². The molecule has 3 aromatic heterocycles. The van der Waals surface area contributed by atoms with Crippen LogP contribution < -0.4 is 4.90 Å². The van der Waals surface area contributed by atoms with Gasteiger partial charge in [0, 0.05) is 52.0 Å². The van der Waals surface area contributed by atoms with Gasteiger partial charge in [-0.1, -0.05) is 109 Å².